The van der Waals surface area contributed by atoms with Crippen LogP contribution in [0.3, 0.4) is 0 Å². The van der Waals surface area contributed by atoms with Gasteiger partial charge in [-0.3, -0.25) is 4.79 Å². The highest BCUT2D eigenvalue weighted by atomic mass is 35.5. The first-order valence-corrected chi connectivity index (χ1v) is 14.9. The second-order valence-electron chi connectivity index (χ2n) is 7.94. The van der Waals surface area contributed by atoms with Gasteiger partial charge in [-0.15, -0.1) is 46.4 Å². The van der Waals surface area contributed by atoms with Crippen LogP contribution in [0.15, 0.2) is 71.8 Å². The lowest BCUT2D eigenvalue weighted by Crippen LogP contribution is -2.33. The van der Waals surface area contributed by atoms with E-state index in [1.165, 1.54) is 0 Å². The first-order valence-electron chi connectivity index (χ1n) is 11.6. The summed E-state index contributed by atoms with van der Waals surface area (Å²) in [7, 11) is 0. The maximum absolute atomic E-state index is 14.3. The second kappa shape index (κ2) is 15.1. The molecule has 0 atom stereocenters. The predicted octanol–water partition coefficient (Wildman–Crippen LogP) is 6.68. The van der Waals surface area contributed by atoms with Gasteiger partial charge in [0.1, 0.15) is 0 Å². The number of carbonyl (C=O) groups is 1. The molecule has 0 N–H and O–H groups in total. The summed E-state index contributed by atoms with van der Waals surface area (Å²) in [5.74, 6) is 3.09. The van der Waals surface area contributed by atoms with Gasteiger partial charge in [0.15, 0.2) is 5.78 Å². The van der Waals surface area contributed by atoms with Crippen molar-refractivity contribution in [3.8, 4) is 0 Å². The SMILES string of the molecule is O=C1C(=C(c2ccccc2)N(CCCl)CCCl)CSCC1=C(c1ccccc1)N(CCCl)CCCl. The molecule has 188 valence electrons. The molecule has 1 heterocycles. The van der Waals surface area contributed by atoms with Crippen LogP contribution < -0.4 is 0 Å². The summed E-state index contributed by atoms with van der Waals surface area (Å²) >= 11 is 26.4. The van der Waals surface area contributed by atoms with Crippen LogP contribution >= 0.6 is 58.2 Å². The Morgan fingerprint density at radius 3 is 1.29 bits per heavy atom. The average Bonchev–Trinajstić information content (AvgIpc) is 2.88. The van der Waals surface area contributed by atoms with Gasteiger partial charge in [-0.2, -0.15) is 11.8 Å². The molecule has 35 heavy (non-hydrogen) atoms. The number of rotatable bonds is 12. The number of halogens is 4. The smallest absolute Gasteiger partial charge is 0.190 e. The molecule has 3 nitrogen and oxygen atoms in total. The van der Waals surface area contributed by atoms with Crippen LogP contribution in [0.2, 0.25) is 0 Å². The molecule has 1 aliphatic rings. The zero-order valence-corrected chi connectivity index (χ0v) is 23.4. The third-order valence-corrected chi connectivity index (χ3v) is 7.42. The molecular formula is C27H30Cl4N2OS. The first-order chi connectivity index (χ1) is 17.2. The molecule has 1 saturated heterocycles. The largest absolute Gasteiger partial charge is 0.368 e. The highest BCUT2D eigenvalue weighted by Gasteiger charge is 2.31. The molecule has 0 unspecified atom stereocenters. The van der Waals surface area contributed by atoms with E-state index in [2.05, 4.69) is 9.80 Å². The van der Waals surface area contributed by atoms with Crippen molar-refractivity contribution in [1.82, 2.24) is 9.80 Å². The fourth-order valence-corrected chi connectivity index (χ4v) is 6.15. The Labute approximate surface area is 233 Å². The highest BCUT2D eigenvalue weighted by Crippen LogP contribution is 2.36. The summed E-state index contributed by atoms with van der Waals surface area (Å²) in [5, 5.41) is 0. The molecule has 0 bridgehead atoms. The van der Waals surface area contributed by atoms with E-state index in [0.29, 0.717) is 61.2 Å². The van der Waals surface area contributed by atoms with Crippen LogP contribution in [0.1, 0.15) is 11.1 Å². The van der Waals surface area contributed by atoms with Crippen molar-refractivity contribution in [2.75, 3.05) is 61.2 Å². The quantitative estimate of drug-likeness (QED) is 0.209. The van der Waals surface area contributed by atoms with Crippen molar-refractivity contribution in [3.63, 3.8) is 0 Å². The highest BCUT2D eigenvalue weighted by molar-refractivity contribution is 7.99. The number of hydrogen-bond acceptors (Lipinski definition) is 4. The Kier molecular flexibility index (Phi) is 12.2. The standard InChI is InChI=1S/C27H30Cl4N2OS/c28-11-15-32(16-12-29)25(21-7-3-1-4-8-21)23-19-35-20-24(27(23)34)26(22-9-5-2-6-10-22)33(17-13-30)18-14-31/h1-10H,11-20H2. The maximum Gasteiger partial charge on any atom is 0.190 e. The van der Waals surface area contributed by atoms with Gasteiger partial charge < -0.3 is 9.80 Å². The van der Waals surface area contributed by atoms with Gasteiger partial charge in [0, 0.05) is 72.4 Å². The number of nitrogens with zero attached hydrogens (tertiary/aromatic N) is 2. The summed E-state index contributed by atoms with van der Waals surface area (Å²) in [6, 6.07) is 20.1. The van der Waals surface area contributed by atoms with Crippen molar-refractivity contribution >= 4 is 75.3 Å². The third kappa shape index (κ3) is 7.36. The van der Waals surface area contributed by atoms with Crippen LogP contribution in [-0.2, 0) is 4.79 Å². The fraction of sp³-hybridized carbons (Fsp3) is 0.370. The van der Waals surface area contributed by atoms with E-state index in [1.54, 1.807) is 11.8 Å². The molecule has 0 aliphatic carbocycles. The van der Waals surface area contributed by atoms with Crippen molar-refractivity contribution in [1.29, 1.82) is 0 Å². The van der Waals surface area contributed by atoms with Crippen molar-refractivity contribution < 1.29 is 4.79 Å². The van der Waals surface area contributed by atoms with Gasteiger partial charge in [-0.25, -0.2) is 0 Å². The molecule has 2 aromatic rings. The van der Waals surface area contributed by atoms with Crippen LogP contribution in [0.25, 0.3) is 11.4 Å². The summed E-state index contributed by atoms with van der Waals surface area (Å²) in [4.78, 5) is 18.6. The van der Waals surface area contributed by atoms with E-state index < -0.39 is 0 Å². The third-order valence-electron chi connectivity index (χ3n) is 5.76. The van der Waals surface area contributed by atoms with Crippen LogP contribution in [0, 0.1) is 0 Å². The van der Waals surface area contributed by atoms with Crippen LogP contribution in [0.5, 0.6) is 0 Å². The molecule has 1 aliphatic heterocycles. The van der Waals surface area contributed by atoms with Crippen LogP contribution in [0.4, 0.5) is 0 Å². The zero-order chi connectivity index (χ0) is 25.0. The molecular weight excluding hydrogens is 542 g/mol. The number of Topliss-reactive ketones (excluding diaryl/α,β-unsaturated/α-hetero) is 1. The molecule has 8 heteroatoms. The predicted molar refractivity (Wildman–Crippen MR) is 155 cm³/mol. The Balaban J connectivity index is 2.23. The molecule has 1 fully saturated rings. The van der Waals surface area contributed by atoms with Crippen molar-refractivity contribution in [3.05, 3.63) is 82.9 Å². The maximum atomic E-state index is 14.3. The number of hydrogen-bond donors (Lipinski definition) is 0. The first kappa shape index (κ1) is 28.3. The van der Waals surface area contributed by atoms with E-state index in [9.17, 15) is 4.79 Å². The Hall–Kier alpha value is -1.30. The monoisotopic (exact) mass is 570 g/mol. The molecule has 0 radical (unpaired) electrons. The topological polar surface area (TPSA) is 23.6 Å². The van der Waals surface area contributed by atoms with Gasteiger partial charge in [0.05, 0.1) is 11.4 Å². The Morgan fingerprint density at radius 1 is 0.629 bits per heavy atom. The molecule has 2 aromatic carbocycles. The summed E-state index contributed by atoms with van der Waals surface area (Å²) in [6.45, 7) is 2.43. The number of thioether (sulfide) groups is 1. The molecule has 0 spiro atoms. The summed E-state index contributed by atoms with van der Waals surface area (Å²) < 4.78 is 0. The van der Waals surface area contributed by atoms with Gasteiger partial charge in [-0.05, 0) is 11.1 Å². The van der Waals surface area contributed by atoms with Crippen LogP contribution in [-0.4, -0.2) is 76.8 Å². The summed E-state index contributed by atoms with van der Waals surface area (Å²) in [6.07, 6.45) is 0. The van der Waals surface area contributed by atoms with Crippen molar-refractivity contribution in [2.24, 2.45) is 0 Å². The normalized spacial score (nSPS) is 16.7. The second-order valence-corrected chi connectivity index (χ2v) is 10.4. The fourth-order valence-electron chi connectivity index (χ4n) is 4.29. The minimum atomic E-state index is 0.0599. The average molecular weight is 572 g/mol. The minimum Gasteiger partial charge on any atom is -0.368 e. The molecule has 0 aromatic heterocycles. The van der Waals surface area contributed by atoms with E-state index in [1.807, 2.05) is 60.7 Å². The van der Waals surface area contributed by atoms with Gasteiger partial charge in [-0.1, -0.05) is 60.7 Å². The lowest BCUT2D eigenvalue weighted by molar-refractivity contribution is -0.112. The summed E-state index contributed by atoms with van der Waals surface area (Å²) in [5.41, 5.74) is 5.37. The zero-order valence-electron chi connectivity index (χ0n) is 19.6. The van der Waals surface area contributed by atoms with Crippen molar-refractivity contribution in [2.45, 2.75) is 0 Å². The molecule has 3 rings (SSSR count). The Morgan fingerprint density at radius 2 is 0.971 bits per heavy atom. The van der Waals surface area contributed by atoms with Gasteiger partial charge >= 0.3 is 0 Å². The van der Waals surface area contributed by atoms with E-state index in [0.717, 1.165) is 33.7 Å². The number of alkyl halides is 4. The number of ketones is 1. The number of carbonyl (C=O) groups excluding carboxylic acids is 1. The van der Waals surface area contributed by atoms with E-state index in [4.69, 9.17) is 46.4 Å². The molecule has 0 saturated carbocycles. The Bertz CT molecular complexity index is 923. The van der Waals surface area contributed by atoms with Gasteiger partial charge in [0.25, 0.3) is 0 Å². The minimum absolute atomic E-state index is 0.0599. The lowest BCUT2D eigenvalue weighted by Gasteiger charge is -2.33. The lowest BCUT2D eigenvalue weighted by atomic mass is 9.94. The van der Waals surface area contributed by atoms with E-state index >= 15 is 0 Å². The van der Waals surface area contributed by atoms with E-state index in [-0.39, 0.29) is 5.78 Å². The molecule has 0 amide bonds. The number of benzene rings is 2. The van der Waals surface area contributed by atoms with Gasteiger partial charge in [0.2, 0.25) is 0 Å².